The molecule has 6 heteroatoms. The molecule has 0 aliphatic rings. The number of nitrogens with zero attached hydrogens (tertiary/aromatic N) is 1. The molecule has 2 N–H and O–H groups in total. The van der Waals surface area contributed by atoms with Gasteiger partial charge in [-0.05, 0) is 28.9 Å². The summed E-state index contributed by atoms with van der Waals surface area (Å²) in [7, 11) is 0. The average Bonchev–Trinajstić information content (AvgIpc) is 2.31. The number of nitrogens with two attached hydrogens (primary N) is 1. The molecular weight excluding hydrogens is 310 g/mol. The van der Waals surface area contributed by atoms with Crippen LogP contribution in [0.3, 0.4) is 0 Å². The van der Waals surface area contributed by atoms with E-state index in [1.165, 1.54) is 0 Å². The Kier molecular flexibility index (Phi) is 3.14. The van der Waals surface area contributed by atoms with Gasteiger partial charge in [-0.1, -0.05) is 11.6 Å². The van der Waals surface area contributed by atoms with Crippen molar-refractivity contribution in [2.24, 2.45) is 0 Å². The fraction of sp³-hybridized carbons (Fsp3) is 0.182. The third kappa shape index (κ3) is 1.83. The molecule has 1 aromatic carbocycles. The van der Waals surface area contributed by atoms with E-state index in [9.17, 15) is 9.18 Å². The van der Waals surface area contributed by atoms with Crippen LogP contribution in [0.2, 0.25) is 5.02 Å². The van der Waals surface area contributed by atoms with Crippen molar-refractivity contribution in [2.45, 2.75) is 13.5 Å². The molecular formula is C11H9BrClFN2O. The highest BCUT2D eigenvalue weighted by atomic mass is 79.9. The quantitative estimate of drug-likeness (QED) is 0.821. The van der Waals surface area contributed by atoms with Crippen LogP contribution in [0, 0.1) is 5.82 Å². The van der Waals surface area contributed by atoms with E-state index >= 15 is 0 Å². The van der Waals surface area contributed by atoms with E-state index in [4.69, 9.17) is 17.3 Å². The minimum absolute atomic E-state index is 0.0754. The number of halogens is 3. The second-order valence-corrected chi connectivity index (χ2v) is 4.81. The molecule has 0 aliphatic heterocycles. The number of anilines is 1. The van der Waals surface area contributed by atoms with Crippen LogP contribution in [-0.2, 0) is 6.54 Å². The number of rotatable bonds is 1. The van der Waals surface area contributed by atoms with Gasteiger partial charge in [-0.25, -0.2) is 4.39 Å². The Hall–Kier alpha value is -1.07. The zero-order valence-electron chi connectivity index (χ0n) is 8.93. The first kappa shape index (κ1) is 12.4. The fourth-order valence-electron chi connectivity index (χ4n) is 1.72. The number of hydrogen-bond acceptors (Lipinski definition) is 2. The van der Waals surface area contributed by atoms with Crippen LogP contribution >= 0.6 is 27.5 Å². The summed E-state index contributed by atoms with van der Waals surface area (Å²) >= 11 is 9.15. The molecule has 0 atom stereocenters. The first-order chi connectivity index (χ1) is 7.97. The SMILES string of the molecule is CCn1cc(Br)c(=O)c2cc(F)c(N)c(Cl)c21. The minimum Gasteiger partial charge on any atom is -0.395 e. The largest absolute Gasteiger partial charge is 0.395 e. The predicted octanol–water partition coefficient (Wildman–Crippen LogP) is 3.16. The molecule has 1 aromatic heterocycles. The lowest BCUT2D eigenvalue weighted by Gasteiger charge is -2.12. The number of hydrogen-bond donors (Lipinski definition) is 1. The van der Waals surface area contributed by atoms with E-state index in [1.54, 1.807) is 10.8 Å². The minimum atomic E-state index is -0.680. The van der Waals surface area contributed by atoms with Gasteiger partial charge in [0.25, 0.3) is 0 Å². The fourth-order valence-corrected chi connectivity index (χ4v) is 2.48. The van der Waals surface area contributed by atoms with Gasteiger partial charge >= 0.3 is 0 Å². The second-order valence-electron chi connectivity index (χ2n) is 3.57. The highest BCUT2D eigenvalue weighted by Gasteiger charge is 2.15. The van der Waals surface area contributed by atoms with Crippen molar-refractivity contribution in [1.82, 2.24) is 4.57 Å². The Balaban J connectivity index is 3.09. The highest BCUT2D eigenvalue weighted by Crippen LogP contribution is 2.31. The van der Waals surface area contributed by atoms with E-state index in [-0.39, 0.29) is 21.5 Å². The summed E-state index contributed by atoms with van der Waals surface area (Å²) in [6, 6.07) is 1.12. The normalized spacial score (nSPS) is 11.1. The molecule has 3 nitrogen and oxygen atoms in total. The maximum absolute atomic E-state index is 13.5. The molecule has 0 saturated carbocycles. The number of benzene rings is 1. The Morgan fingerprint density at radius 2 is 2.24 bits per heavy atom. The van der Waals surface area contributed by atoms with Crippen molar-refractivity contribution >= 4 is 44.1 Å². The van der Waals surface area contributed by atoms with Crippen molar-refractivity contribution in [3.05, 3.63) is 37.8 Å². The molecule has 0 aliphatic carbocycles. The summed E-state index contributed by atoms with van der Waals surface area (Å²) in [6.07, 6.45) is 1.62. The highest BCUT2D eigenvalue weighted by molar-refractivity contribution is 9.10. The maximum atomic E-state index is 13.5. The molecule has 2 aromatic rings. The third-order valence-corrected chi connectivity index (χ3v) is 3.53. The number of aryl methyl sites for hydroxylation is 1. The summed E-state index contributed by atoms with van der Waals surface area (Å²) < 4.78 is 15.6. The third-order valence-electron chi connectivity index (χ3n) is 2.59. The van der Waals surface area contributed by atoms with Gasteiger partial charge < -0.3 is 10.3 Å². The smallest absolute Gasteiger partial charge is 0.203 e. The zero-order valence-corrected chi connectivity index (χ0v) is 11.3. The summed E-state index contributed by atoms with van der Waals surface area (Å²) in [5, 5.41) is 0.296. The Morgan fingerprint density at radius 1 is 1.59 bits per heavy atom. The molecule has 0 unspecified atom stereocenters. The van der Waals surface area contributed by atoms with Crippen LogP contribution in [0.5, 0.6) is 0 Å². The Morgan fingerprint density at radius 3 is 2.82 bits per heavy atom. The number of aromatic nitrogens is 1. The molecule has 90 valence electrons. The van der Waals surface area contributed by atoms with E-state index in [0.29, 0.717) is 16.5 Å². The number of fused-ring (bicyclic) bond motifs is 1. The molecule has 0 bridgehead atoms. The van der Waals surface area contributed by atoms with Crippen LogP contribution < -0.4 is 11.2 Å². The van der Waals surface area contributed by atoms with Crippen molar-refractivity contribution in [3.63, 3.8) is 0 Å². The van der Waals surface area contributed by atoms with Crippen LogP contribution in [0.1, 0.15) is 6.92 Å². The van der Waals surface area contributed by atoms with Crippen LogP contribution in [0.4, 0.5) is 10.1 Å². The van der Waals surface area contributed by atoms with E-state index < -0.39 is 5.82 Å². The van der Waals surface area contributed by atoms with Gasteiger partial charge in [0.2, 0.25) is 5.43 Å². The summed E-state index contributed by atoms with van der Waals surface area (Å²) in [6.45, 7) is 2.49. The molecule has 17 heavy (non-hydrogen) atoms. The Bertz CT molecular complexity index is 669. The van der Waals surface area contributed by atoms with Crippen LogP contribution in [0.15, 0.2) is 21.5 Å². The number of pyridine rings is 1. The summed E-state index contributed by atoms with van der Waals surface area (Å²) in [4.78, 5) is 11.9. The monoisotopic (exact) mass is 318 g/mol. The summed E-state index contributed by atoms with van der Waals surface area (Å²) in [5.74, 6) is -0.680. The van der Waals surface area contributed by atoms with Gasteiger partial charge in [-0.15, -0.1) is 0 Å². The lowest BCUT2D eigenvalue weighted by molar-refractivity contribution is 0.633. The molecule has 0 saturated heterocycles. The lowest BCUT2D eigenvalue weighted by atomic mass is 10.1. The van der Waals surface area contributed by atoms with Crippen molar-refractivity contribution in [1.29, 1.82) is 0 Å². The van der Waals surface area contributed by atoms with Gasteiger partial charge in [-0.2, -0.15) is 0 Å². The Labute approximate surface area is 110 Å². The number of nitrogen functional groups attached to an aromatic ring is 1. The molecule has 0 amide bonds. The van der Waals surface area contributed by atoms with E-state index in [0.717, 1.165) is 6.07 Å². The first-order valence-electron chi connectivity index (χ1n) is 4.93. The first-order valence-corrected chi connectivity index (χ1v) is 6.10. The van der Waals surface area contributed by atoms with Gasteiger partial charge in [0.15, 0.2) is 0 Å². The molecule has 0 radical (unpaired) electrons. The molecule has 0 spiro atoms. The van der Waals surface area contributed by atoms with Crippen molar-refractivity contribution < 1.29 is 4.39 Å². The molecule has 1 heterocycles. The van der Waals surface area contributed by atoms with Crippen LogP contribution in [0.25, 0.3) is 10.9 Å². The van der Waals surface area contributed by atoms with Gasteiger partial charge in [0.1, 0.15) is 5.82 Å². The topological polar surface area (TPSA) is 48.0 Å². The molecule has 2 rings (SSSR count). The van der Waals surface area contributed by atoms with Gasteiger partial charge in [-0.3, -0.25) is 4.79 Å². The predicted molar refractivity (Wildman–Crippen MR) is 71.0 cm³/mol. The lowest BCUT2D eigenvalue weighted by Crippen LogP contribution is -2.11. The molecule has 0 fully saturated rings. The van der Waals surface area contributed by atoms with E-state index in [2.05, 4.69) is 15.9 Å². The maximum Gasteiger partial charge on any atom is 0.203 e. The summed E-state index contributed by atoms with van der Waals surface area (Å²) in [5.41, 5.74) is 5.55. The van der Waals surface area contributed by atoms with Crippen LogP contribution in [-0.4, -0.2) is 4.57 Å². The van der Waals surface area contributed by atoms with E-state index in [1.807, 2.05) is 6.92 Å². The van der Waals surface area contributed by atoms with Crippen molar-refractivity contribution in [3.8, 4) is 0 Å². The average molecular weight is 320 g/mol. The van der Waals surface area contributed by atoms with Gasteiger partial charge in [0, 0.05) is 12.7 Å². The van der Waals surface area contributed by atoms with Gasteiger partial charge in [0.05, 0.1) is 26.1 Å². The standard InChI is InChI=1S/C11H9BrClFN2O/c1-2-16-4-6(12)11(17)5-3-7(14)9(15)8(13)10(5)16/h3-4H,2,15H2,1H3. The second kappa shape index (κ2) is 4.31. The zero-order chi connectivity index (χ0) is 12.7. The van der Waals surface area contributed by atoms with Crippen molar-refractivity contribution in [2.75, 3.05) is 5.73 Å².